The number of nitrogen functional groups attached to an aromatic ring is 1. The van der Waals surface area contributed by atoms with E-state index in [9.17, 15) is 0 Å². The first-order valence-corrected chi connectivity index (χ1v) is 8.35. The second-order valence-electron chi connectivity index (χ2n) is 6.43. The number of anilines is 1. The zero-order chi connectivity index (χ0) is 17.4. The molecule has 4 rings (SSSR count). The second kappa shape index (κ2) is 6.06. The third kappa shape index (κ3) is 2.87. The smallest absolute Gasteiger partial charge is 0.160 e. The molecule has 2 aromatic heterocycles. The lowest BCUT2D eigenvalue weighted by molar-refractivity contribution is 0.823. The first kappa shape index (κ1) is 15.4. The van der Waals surface area contributed by atoms with Crippen molar-refractivity contribution in [1.29, 1.82) is 0 Å². The highest BCUT2D eigenvalue weighted by atomic mass is 15.1. The SMILES string of the molecule is Cc1cnc2c(c1)nc(-c1ccccc1C)n2Cc1ccc(N)cc1. The predicted molar refractivity (Wildman–Crippen MR) is 102 cm³/mol. The van der Waals surface area contributed by atoms with Crippen LogP contribution in [0.2, 0.25) is 0 Å². The summed E-state index contributed by atoms with van der Waals surface area (Å²) in [6, 6.07) is 18.4. The summed E-state index contributed by atoms with van der Waals surface area (Å²) in [5, 5.41) is 0. The Bertz CT molecular complexity index is 1050. The quantitative estimate of drug-likeness (QED) is 0.569. The number of hydrogen-bond donors (Lipinski definition) is 1. The largest absolute Gasteiger partial charge is 0.399 e. The Morgan fingerprint density at radius 1 is 1.00 bits per heavy atom. The van der Waals surface area contributed by atoms with Crippen LogP contribution in [0.1, 0.15) is 16.7 Å². The molecule has 0 aliphatic rings. The number of aromatic nitrogens is 3. The molecule has 124 valence electrons. The van der Waals surface area contributed by atoms with Crippen LogP contribution in [-0.4, -0.2) is 14.5 Å². The lowest BCUT2D eigenvalue weighted by Gasteiger charge is -2.11. The Labute approximate surface area is 147 Å². The van der Waals surface area contributed by atoms with Gasteiger partial charge in [-0.2, -0.15) is 0 Å². The van der Waals surface area contributed by atoms with Crippen molar-refractivity contribution in [3.05, 3.63) is 77.5 Å². The molecule has 0 bridgehead atoms. The average molecular weight is 328 g/mol. The minimum Gasteiger partial charge on any atom is -0.399 e. The van der Waals surface area contributed by atoms with Gasteiger partial charge >= 0.3 is 0 Å². The third-order valence-electron chi connectivity index (χ3n) is 4.43. The maximum absolute atomic E-state index is 5.82. The number of nitrogens with two attached hydrogens (primary N) is 1. The molecule has 0 fully saturated rings. The fraction of sp³-hybridized carbons (Fsp3) is 0.143. The van der Waals surface area contributed by atoms with Crippen LogP contribution in [0.3, 0.4) is 0 Å². The molecule has 25 heavy (non-hydrogen) atoms. The Hall–Kier alpha value is -3.14. The number of pyridine rings is 1. The highest BCUT2D eigenvalue weighted by Crippen LogP contribution is 2.27. The molecule has 0 saturated carbocycles. The van der Waals surface area contributed by atoms with Gasteiger partial charge in [0, 0.05) is 17.4 Å². The van der Waals surface area contributed by atoms with Crippen LogP contribution in [0.5, 0.6) is 0 Å². The van der Waals surface area contributed by atoms with Gasteiger partial charge in [0.25, 0.3) is 0 Å². The molecule has 2 N–H and O–H groups in total. The Morgan fingerprint density at radius 2 is 1.76 bits per heavy atom. The van der Waals surface area contributed by atoms with Crippen LogP contribution in [0.15, 0.2) is 60.8 Å². The van der Waals surface area contributed by atoms with Gasteiger partial charge in [-0.15, -0.1) is 0 Å². The molecule has 0 unspecified atom stereocenters. The van der Waals surface area contributed by atoms with Crippen LogP contribution < -0.4 is 5.73 Å². The maximum Gasteiger partial charge on any atom is 0.160 e. The molecule has 0 saturated heterocycles. The monoisotopic (exact) mass is 328 g/mol. The number of rotatable bonds is 3. The first-order chi connectivity index (χ1) is 12.1. The van der Waals surface area contributed by atoms with Gasteiger partial charge in [-0.1, -0.05) is 36.4 Å². The highest BCUT2D eigenvalue weighted by molar-refractivity contribution is 5.78. The molecule has 2 aromatic carbocycles. The van der Waals surface area contributed by atoms with Gasteiger partial charge < -0.3 is 10.3 Å². The van der Waals surface area contributed by atoms with Gasteiger partial charge in [-0.3, -0.25) is 0 Å². The van der Waals surface area contributed by atoms with Gasteiger partial charge in [0.2, 0.25) is 0 Å². The summed E-state index contributed by atoms with van der Waals surface area (Å²) in [4.78, 5) is 9.54. The number of fused-ring (bicyclic) bond motifs is 1. The van der Waals surface area contributed by atoms with Crippen molar-refractivity contribution in [3.63, 3.8) is 0 Å². The van der Waals surface area contributed by atoms with E-state index in [-0.39, 0.29) is 0 Å². The molecule has 4 aromatic rings. The number of benzene rings is 2. The molecule has 2 heterocycles. The van der Waals surface area contributed by atoms with E-state index >= 15 is 0 Å². The summed E-state index contributed by atoms with van der Waals surface area (Å²) in [5.41, 5.74) is 13.0. The number of imidazole rings is 1. The van der Waals surface area contributed by atoms with E-state index in [1.165, 1.54) is 11.1 Å². The molecule has 0 atom stereocenters. The number of hydrogen-bond acceptors (Lipinski definition) is 3. The van der Waals surface area contributed by atoms with Crippen LogP contribution in [0, 0.1) is 13.8 Å². The molecule has 0 amide bonds. The van der Waals surface area contributed by atoms with E-state index in [4.69, 9.17) is 10.7 Å². The van der Waals surface area contributed by atoms with Crippen molar-refractivity contribution >= 4 is 16.9 Å². The van der Waals surface area contributed by atoms with Gasteiger partial charge in [0.15, 0.2) is 5.65 Å². The zero-order valence-corrected chi connectivity index (χ0v) is 14.4. The van der Waals surface area contributed by atoms with Gasteiger partial charge in [-0.05, 0) is 48.7 Å². The lowest BCUT2D eigenvalue weighted by atomic mass is 10.1. The van der Waals surface area contributed by atoms with Crippen molar-refractivity contribution in [3.8, 4) is 11.4 Å². The van der Waals surface area contributed by atoms with E-state index < -0.39 is 0 Å². The summed E-state index contributed by atoms with van der Waals surface area (Å²) in [6.07, 6.45) is 1.89. The van der Waals surface area contributed by atoms with Crippen LogP contribution in [0.25, 0.3) is 22.6 Å². The van der Waals surface area contributed by atoms with E-state index in [2.05, 4.69) is 46.8 Å². The normalized spacial score (nSPS) is 11.1. The zero-order valence-electron chi connectivity index (χ0n) is 14.4. The van der Waals surface area contributed by atoms with Crippen molar-refractivity contribution in [2.45, 2.75) is 20.4 Å². The minimum absolute atomic E-state index is 0.705. The summed E-state index contributed by atoms with van der Waals surface area (Å²) in [6.45, 7) is 4.86. The summed E-state index contributed by atoms with van der Waals surface area (Å²) < 4.78 is 2.18. The Kier molecular flexibility index (Phi) is 3.73. The molecule has 0 spiro atoms. The third-order valence-corrected chi connectivity index (χ3v) is 4.43. The topological polar surface area (TPSA) is 56.7 Å². The standard InChI is InChI=1S/C21H20N4/c1-14-11-19-21(23-12-14)25(13-16-7-9-17(22)10-8-16)20(24-19)18-6-4-3-5-15(18)2/h3-12H,13,22H2,1-2H3. The summed E-state index contributed by atoms with van der Waals surface area (Å²) in [7, 11) is 0. The highest BCUT2D eigenvalue weighted by Gasteiger charge is 2.15. The average Bonchev–Trinajstić information content (AvgIpc) is 2.94. The van der Waals surface area contributed by atoms with Crippen molar-refractivity contribution < 1.29 is 0 Å². The predicted octanol–water partition coefficient (Wildman–Crippen LogP) is 4.35. The molecule has 4 nitrogen and oxygen atoms in total. The van der Waals surface area contributed by atoms with Crippen LogP contribution in [-0.2, 0) is 6.54 Å². The van der Waals surface area contributed by atoms with Gasteiger partial charge in [-0.25, -0.2) is 9.97 Å². The Morgan fingerprint density at radius 3 is 2.52 bits per heavy atom. The molecule has 0 aliphatic carbocycles. The fourth-order valence-corrected chi connectivity index (χ4v) is 3.10. The van der Waals surface area contributed by atoms with E-state index in [1.807, 2.05) is 37.4 Å². The fourth-order valence-electron chi connectivity index (χ4n) is 3.10. The molecular formula is C21H20N4. The van der Waals surface area contributed by atoms with Gasteiger partial charge in [0.1, 0.15) is 11.3 Å². The van der Waals surface area contributed by atoms with E-state index in [1.54, 1.807) is 0 Å². The number of aryl methyl sites for hydroxylation is 2. The molecular weight excluding hydrogens is 308 g/mol. The van der Waals surface area contributed by atoms with Crippen molar-refractivity contribution in [2.24, 2.45) is 0 Å². The molecule has 4 heteroatoms. The van der Waals surface area contributed by atoms with Crippen molar-refractivity contribution in [2.75, 3.05) is 5.73 Å². The minimum atomic E-state index is 0.705. The maximum atomic E-state index is 5.82. The van der Waals surface area contributed by atoms with Crippen molar-refractivity contribution in [1.82, 2.24) is 14.5 Å². The van der Waals surface area contributed by atoms with Gasteiger partial charge in [0.05, 0.1) is 6.54 Å². The second-order valence-corrected chi connectivity index (χ2v) is 6.43. The molecule has 0 aliphatic heterocycles. The van der Waals surface area contributed by atoms with E-state index in [0.29, 0.717) is 6.54 Å². The van der Waals surface area contributed by atoms with E-state index in [0.717, 1.165) is 33.8 Å². The summed E-state index contributed by atoms with van der Waals surface area (Å²) in [5.74, 6) is 0.947. The van der Waals surface area contributed by atoms with Crippen LogP contribution in [0.4, 0.5) is 5.69 Å². The lowest BCUT2D eigenvalue weighted by Crippen LogP contribution is -2.04. The number of nitrogens with zero attached hydrogens (tertiary/aromatic N) is 3. The first-order valence-electron chi connectivity index (χ1n) is 8.35. The molecule has 0 radical (unpaired) electrons. The summed E-state index contributed by atoms with van der Waals surface area (Å²) >= 11 is 0. The van der Waals surface area contributed by atoms with Crippen LogP contribution >= 0.6 is 0 Å². The Balaban J connectivity index is 1.92.